The summed E-state index contributed by atoms with van der Waals surface area (Å²) in [6.45, 7) is 3.98. The third-order valence-corrected chi connectivity index (χ3v) is 4.50. The maximum atomic E-state index is 13.9. The van der Waals surface area contributed by atoms with Gasteiger partial charge in [-0.3, -0.25) is 9.59 Å². The number of carbonyl (C=O) groups is 2. The molecule has 0 bridgehead atoms. The van der Waals surface area contributed by atoms with Crippen molar-refractivity contribution in [2.45, 2.75) is 20.3 Å². The molecule has 2 amide bonds. The molecule has 1 aliphatic rings. The molecule has 6 heteroatoms. The molecule has 0 spiro atoms. The summed E-state index contributed by atoms with van der Waals surface area (Å²) in [5.41, 5.74) is 2.61. The number of nitrogens with zero attached hydrogens (tertiary/aromatic N) is 1. The van der Waals surface area contributed by atoms with Crippen LogP contribution < -0.4 is 15.0 Å². The Bertz CT molecular complexity index is 866. The second-order valence-corrected chi connectivity index (χ2v) is 6.55. The van der Waals surface area contributed by atoms with Gasteiger partial charge in [-0.25, -0.2) is 4.39 Å². The number of hydrogen-bond donors (Lipinski definition) is 1. The van der Waals surface area contributed by atoms with Gasteiger partial charge in [-0.2, -0.15) is 0 Å². The molecule has 1 N–H and O–H groups in total. The molecular formula is C20H21FN2O3. The molecule has 0 aromatic heterocycles. The monoisotopic (exact) mass is 356 g/mol. The maximum Gasteiger partial charge on any atom is 0.229 e. The Kier molecular flexibility index (Phi) is 4.93. The molecule has 0 radical (unpaired) electrons. The lowest BCUT2D eigenvalue weighted by Crippen LogP contribution is -2.28. The molecule has 136 valence electrons. The Labute approximate surface area is 151 Å². The van der Waals surface area contributed by atoms with E-state index in [9.17, 15) is 14.0 Å². The van der Waals surface area contributed by atoms with Crippen LogP contribution in [0.4, 0.5) is 15.8 Å². The van der Waals surface area contributed by atoms with E-state index in [-0.39, 0.29) is 30.5 Å². The Balaban J connectivity index is 1.78. The molecule has 0 saturated carbocycles. The SMILES string of the molecule is COc1ccc(C)cc1N1CC(C(=O)Nc2cc(C)ccc2F)CC1=O. The summed E-state index contributed by atoms with van der Waals surface area (Å²) in [4.78, 5) is 26.6. The van der Waals surface area contributed by atoms with Crippen LogP contribution in [0.2, 0.25) is 0 Å². The normalized spacial score (nSPS) is 16.7. The summed E-state index contributed by atoms with van der Waals surface area (Å²) in [6.07, 6.45) is 0.0797. The molecule has 1 atom stereocenters. The highest BCUT2D eigenvalue weighted by Crippen LogP contribution is 2.34. The van der Waals surface area contributed by atoms with Crippen molar-refractivity contribution in [3.8, 4) is 5.75 Å². The number of nitrogens with one attached hydrogen (secondary N) is 1. The average molecular weight is 356 g/mol. The van der Waals surface area contributed by atoms with Gasteiger partial charge in [0.05, 0.1) is 24.4 Å². The van der Waals surface area contributed by atoms with Crippen LogP contribution in [0, 0.1) is 25.6 Å². The summed E-state index contributed by atoms with van der Waals surface area (Å²) < 4.78 is 19.2. The fourth-order valence-electron chi connectivity index (χ4n) is 3.10. The number of anilines is 2. The number of carbonyl (C=O) groups excluding carboxylic acids is 2. The zero-order chi connectivity index (χ0) is 18.8. The molecule has 26 heavy (non-hydrogen) atoms. The minimum Gasteiger partial charge on any atom is -0.495 e. The lowest BCUT2D eigenvalue weighted by molar-refractivity contribution is -0.122. The Morgan fingerprint density at radius 1 is 1.19 bits per heavy atom. The summed E-state index contributed by atoms with van der Waals surface area (Å²) in [7, 11) is 1.54. The van der Waals surface area contributed by atoms with Gasteiger partial charge in [-0.1, -0.05) is 12.1 Å². The first-order chi connectivity index (χ1) is 12.4. The van der Waals surface area contributed by atoms with Crippen LogP contribution in [0.3, 0.4) is 0 Å². The van der Waals surface area contributed by atoms with Crippen molar-refractivity contribution in [3.05, 3.63) is 53.3 Å². The number of rotatable bonds is 4. The van der Waals surface area contributed by atoms with Crippen molar-refractivity contribution >= 4 is 23.2 Å². The van der Waals surface area contributed by atoms with Crippen LogP contribution in [0.15, 0.2) is 36.4 Å². The van der Waals surface area contributed by atoms with Crippen LogP contribution in [0.5, 0.6) is 5.75 Å². The van der Waals surface area contributed by atoms with Gasteiger partial charge < -0.3 is 15.0 Å². The highest BCUT2D eigenvalue weighted by atomic mass is 19.1. The van der Waals surface area contributed by atoms with Crippen molar-refractivity contribution < 1.29 is 18.7 Å². The quantitative estimate of drug-likeness (QED) is 0.913. The summed E-state index contributed by atoms with van der Waals surface area (Å²) in [5.74, 6) is -0.983. The molecule has 3 rings (SSSR count). The first-order valence-electron chi connectivity index (χ1n) is 8.41. The molecular weight excluding hydrogens is 335 g/mol. The molecule has 1 unspecified atom stereocenters. The van der Waals surface area contributed by atoms with E-state index in [1.54, 1.807) is 30.2 Å². The Morgan fingerprint density at radius 3 is 2.62 bits per heavy atom. The highest BCUT2D eigenvalue weighted by molar-refractivity contribution is 6.04. The van der Waals surface area contributed by atoms with Gasteiger partial charge >= 0.3 is 0 Å². The smallest absolute Gasteiger partial charge is 0.229 e. The third kappa shape index (κ3) is 3.54. The predicted molar refractivity (Wildman–Crippen MR) is 98.0 cm³/mol. The molecule has 2 aromatic rings. The van der Waals surface area contributed by atoms with E-state index in [0.29, 0.717) is 11.4 Å². The Hall–Kier alpha value is -2.89. The topological polar surface area (TPSA) is 58.6 Å². The van der Waals surface area contributed by atoms with Gasteiger partial charge in [0.15, 0.2) is 0 Å². The van der Waals surface area contributed by atoms with Crippen LogP contribution in [-0.2, 0) is 9.59 Å². The van der Waals surface area contributed by atoms with Crippen molar-refractivity contribution in [2.75, 3.05) is 23.9 Å². The number of benzene rings is 2. The molecule has 0 aliphatic carbocycles. The number of aryl methyl sites for hydroxylation is 2. The summed E-state index contributed by atoms with van der Waals surface area (Å²) >= 11 is 0. The van der Waals surface area contributed by atoms with Crippen molar-refractivity contribution in [1.29, 1.82) is 0 Å². The molecule has 1 fully saturated rings. The standard InChI is InChI=1S/C20H21FN2O3/c1-12-4-6-15(21)16(8-12)22-20(25)14-10-19(24)23(11-14)17-9-13(2)5-7-18(17)26-3/h4-9,14H,10-11H2,1-3H3,(H,22,25). The molecule has 5 nitrogen and oxygen atoms in total. The number of ether oxygens (including phenoxy) is 1. The second kappa shape index (κ2) is 7.15. The largest absolute Gasteiger partial charge is 0.495 e. The van der Waals surface area contributed by atoms with Gasteiger partial charge in [0.25, 0.3) is 0 Å². The third-order valence-electron chi connectivity index (χ3n) is 4.50. The van der Waals surface area contributed by atoms with E-state index in [1.807, 2.05) is 26.0 Å². The predicted octanol–water partition coefficient (Wildman–Crippen LogP) is 3.44. The van der Waals surface area contributed by atoms with E-state index in [4.69, 9.17) is 4.74 Å². The van der Waals surface area contributed by atoms with Gasteiger partial charge in [0, 0.05) is 13.0 Å². The highest BCUT2D eigenvalue weighted by Gasteiger charge is 2.36. The maximum absolute atomic E-state index is 13.9. The van der Waals surface area contributed by atoms with Gasteiger partial charge in [-0.05, 0) is 49.2 Å². The van der Waals surface area contributed by atoms with Gasteiger partial charge in [-0.15, -0.1) is 0 Å². The minimum absolute atomic E-state index is 0.0797. The van der Waals surface area contributed by atoms with Crippen LogP contribution in [-0.4, -0.2) is 25.5 Å². The lowest BCUT2D eigenvalue weighted by Gasteiger charge is -2.20. The van der Waals surface area contributed by atoms with E-state index in [0.717, 1.165) is 11.1 Å². The van der Waals surface area contributed by atoms with E-state index >= 15 is 0 Å². The first-order valence-corrected chi connectivity index (χ1v) is 8.41. The number of amides is 2. The van der Waals surface area contributed by atoms with Crippen LogP contribution in [0.1, 0.15) is 17.5 Å². The average Bonchev–Trinajstić information content (AvgIpc) is 3.00. The van der Waals surface area contributed by atoms with Gasteiger partial charge in [0.1, 0.15) is 11.6 Å². The van der Waals surface area contributed by atoms with Gasteiger partial charge in [0.2, 0.25) is 11.8 Å². The second-order valence-electron chi connectivity index (χ2n) is 6.55. The summed E-state index contributed by atoms with van der Waals surface area (Å²) in [6, 6.07) is 10.1. The van der Waals surface area contributed by atoms with Crippen molar-refractivity contribution in [2.24, 2.45) is 5.92 Å². The van der Waals surface area contributed by atoms with E-state index in [2.05, 4.69) is 5.32 Å². The fraction of sp³-hybridized carbons (Fsp3) is 0.300. The van der Waals surface area contributed by atoms with Crippen molar-refractivity contribution in [3.63, 3.8) is 0 Å². The molecule has 1 heterocycles. The fourth-order valence-corrected chi connectivity index (χ4v) is 3.10. The van der Waals surface area contributed by atoms with Crippen molar-refractivity contribution in [1.82, 2.24) is 0 Å². The van der Waals surface area contributed by atoms with Crippen LogP contribution >= 0.6 is 0 Å². The minimum atomic E-state index is -0.548. The first kappa shape index (κ1) is 17.9. The molecule has 2 aromatic carbocycles. The van der Waals surface area contributed by atoms with E-state index in [1.165, 1.54) is 6.07 Å². The Morgan fingerprint density at radius 2 is 1.88 bits per heavy atom. The number of halogens is 1. The lowest BCUT2D eigenvalue weighted by atomic mass is 10.1. The summed E-state index contributed by atoms with van der Waals surface area (Å²) in [5, 5.41) is 2.60. The van der Waals surface area contributed by atoms with Crippen LogP contribution in [0.25, 0.3) is 0 Å². The zero-order valence-corrected chi connectivity index (χ0v) is 15.0. The number of methoxy groups -OCH3 is 1. The molecule has 1 aliphatic heterocycles. The zero-order valence-electron chi connectivity index (χ0n) is 15.0. The molecule has 1 saturated heterocycles. The number of hydrogen-bond acceptors (Lipinski definition) is 3. The van der Waals surface area contributed by atoms with E-state index < -0.39 is 11.7 Å².